The summed E-state index contributed by atoms with van der Waals surface area (Å²) in [5.74, 6) is 0.633. The van der Waals surface area contributed by atoms with Crippen molar-refractivity contribution in [3.8, 4) is 0 Å². The van der Waals surface area contributed by atoms with Gasteiger partial charge in [-0.2, -0.15) is 0 Å². The van der Waals surface area contributed by atoms with Crippen LogP contribution in [-0.2, 0) is 5.60 Å². The Bertz CT molecular complexity index is 437. The van der Waals surface area contributed by atoms with Crippen molar-refractivity contribution in [3.05, 3.63) is 28.5 Å². The van der Waals surface area contributed by atoms with Crippen molar-refractivity contribution in [2.45, 2.75) is 24.9 Å². The SMILES string of the molecule is CN1C[C@H]2CCC[C@@H](C1)C2(O)c1cc(Br)ccn1. The molecule has 1 aliphatic heterocycles. The number of hydrogen-bond donors (Lipinski definition) is 1. The van der Waals surface area contributed by atoms with Gasteiger partial charge < -0.3 is 10.0 Å². The van der Waals surface area contributed by atoms with Crippen molar-refractivity contribution < 1.29 is 5.11 Å². The second-order valence-corrected chi connectivity index (χ2v) is 6.65. The van der Waals surface area contributed by atoms with Gasteiger partial charge in [-0.3, -0.25) is 4.98 Å². The molecule has 1 unspecified atom stereocenters. The smallest absolute Gasteiger partial charge is 0.115 e. The molecular formula is C14H19BrN2O. The third kappa shape index (κ3) is 1.91. The van der Waals surface area contributed by atoms with Gasteiger partial charge in [-0.25, -0.2) is 0 Å². The summed E-state index contributed by atoms with van der Waals surface area (Å²) in [5, 5.41) is 11.3. The van der Waals surface area contributed by atoms with E-state index in [0.717, 1.165) is 36.1 Å². The lowest BCUT2D eigenvalue weighted by atomic mass is 9.64. The van der Waals surface area contributed by atoms with Gasteiger partial charge in [-0.05, 0) is 32.0 Å². The number of nitrogens with zero attached hydrogens (tertiary/aromatic N) is 2. The second kappa shape index (κ2) is 4.58. The van der Waals surface area contributed by atoms with Gasteiger partial charge in [-0.1, -0.05) is 22.4 Å². The Labute approximate surface area is 116 Å². The van der Waals surface area contributed by atoms with Crippen LogP contribution in [-0.4, -0.2) is 35.1 Å². The summed E-state index contributed by atoms with van der Waals surface area (Å²) in [6.07, 6.45) is 5.22. The molecule has 1 aliphatic carbocycles. The van der Waals surface area contributed by atoms with Crippen molar-refractivity contribution >= 4 is 15.9 Å². The van der Waals surface area contributed by atoms with Crippen LogP contribution < -0.4 is 0 Å². The number of hydrogen-bond acceptors (Lipinski definition) is 3. The maximum Gasteiger partial charge on any atom is 0.115 e. The first kappa shape index (κ1) is 12.6. The van der Waals surface area contributed by atoms with Crippen LogP contribution in [0.25, 0.3) is 0 Å². The highest BCUT2D eigenvalue weighted by atomic mass is 79.9. The van der Waals surface area contributed by atoms with E-state index in [1.165, 1.54) is 6.42 Å². The van der Waals surface area contributed by atoms with E-state index in [4.69, 9.17) is 0 Å². The number of aromatic nitrogens is 1. The average Bonchev–Trinajstić information content (AvgIpc) is 2.31. The van der Waals surface area contributed by atoms with Gasteiger partial charge in [0.05, 0.1) is 5.69 Å². The van der Waals surface area contributed by atoms with E-state index in [1.54, 1.807) is 6.20 Å². The lowest BCUT2D eigenvalue weighted by Crippen LogP contribution is -2.57. The Morgan fingerprint density at radius 2 is 2.06 bits per heavy atom. The number of pyridine rings is 1. The van der Waals surface area contributed by atoms with Gasteiger partial charge >= 0.3 is 0 Å². The number of fused-ring (bicyclic) bond motifs is 2. The molecule has 3 atom stereocenters. The highest BCUT2D eigenvalue weighted by molar-refractivity contribution is 9.10. The molecule has 2 aliphatic rings. The maximum absolute atomic E-state index is 11.3. The molecule has 18 heavy (non-hydrogen) atoms. The fourth-order valence-electron chi connectivity index (χ4n) is 3.71. The number of likely N-dealkylation sites (tertiary alicyclic amines) is 1. The Hall–Kier alpha value is -0.450. The molecule has 1 aromatic heterocycles. The van der Waals surface area contributed by atoms with Gasteiger partial charge in [-0.15, -0.1) is 0 Å². The van der Waals surface area contributed by atoms with E-state index in [9.17, 15) is 5.11 Å². The summed E-state index contributed by atoms with van der Waals surface area (Å²) in [4.78, 5) is 6.79. The van der Waals surface area contributed by atoms with E-state index in [0.29, 0.717) is 11.8 Å². The molecule has 98 valence electrons. The minimum Gasteiger partial charge on any atom is -0.383 e. The van der Waals surface area contributed by atoms with Crippen LogP contribution in [0, 0.1) is 11.8 Å². The number of aliphatic hydroxyl groups is 1. The second-order valence-electron chi connectivity index (χ2n) is 5.73. The molecule has 2 fully saturated rings. The van der Waals surface area contributed by atoms with Crippen LogP contribution in [0.3, 0.4) is 0 Å². The van der Waals surface area contributed by atoms with Crippen LogP contribution in [0.15, 0.2) is 22.8 Å². The van der Waals surface area contributed by atoms with E-state index in [-0.39, 0.29) is 0 Å². The van der Waals surface area contributed by atoms with Crippen LogP contribution in [0.5, 0.6) is 0 Å². The zero-order valence-electron chi connectivity index (χ0n) is 10.6. The Morgan fingerprint density at radius 3 is 2.67 bits per heavy atom. The summed E-state index contributed by atoms with van der Waals surface area (Å²) < 4.78 is 0.998. The molecule has 4 heteroatoms. The largest absolute Gasteiger partial charge is 0.383 e. The molecule has 2 heterocycles. The summed E-state index contributed by atoms with van der Waals surface area (Å²) in [7, 11) is 2.15. The number of rotatable bonds is 1. The van der Waals surface area contributed by atoms with E-state index >= 15 is 0 Å². The molecule has 0 radical (unpaired) electrons. The number of halogens is 1. The molecule has 1 saturated carbocycles. The average molecular weight is 311 g/mol. The zero-order valence-corrected chi connectivity index (χ0v) is 12.2. The van der Waals surface area contributed by atoms with Crippen molar-refractivity contribution in [3.63, 3.8) is 0 Å². The molecule has 1 saturated heterocycles. The highest BCUT2D eigenvalue weighted by Gasteiger charge is 2.51. The van der Waals surface area contributed by atoms with Gasteiger partial charge in [0, 0.05) is 35.6 Å². The molecule has 1 aromatic rings. The quantitative estimate of drug-likeness (QED) is 0.865. The lowest BCUT2D eigenvalue weighted by Gasteiger charge is -2.52. The monoisotopic (exact) mass is 310 g/mol. The summed E-state index contributed by atoms with van der Waals surface area (Å²) in [6.45, 7) is 1.95. The molecule has 3 rings (SSSR count). The number of piperidine rings is 1. The topological polar surface area (TPSA) is 36.4 Å². The molecule has 3 nitrogen and oxygen atoms in total. The first-order valence-corrected chi connectivity index (χ1v) is 7.43. The molecular weight excluding hydrogens is 292 g/mol. The summed E-state index contributed by atoms with van der Waals surface area (Å²) in [6, 6.07) is 3.90. The Kier molecular flexibility index (Phi) is 3.20. The Morgan fingerprint density at radius 1 is 1.39 bits per heavy atom. The van der Waals surface area contributed by atoms with Crippen LogP contribution in [0.2, 0.25) is 0 Å². The maximum atomic E-state index is 11.3. The normalized spacial score (nSPS) is 36.6. The van der Waals surface area contributed by atoms with Gasteiger partial charge in [0.15, 0.2) is 0 Å². The van der Waals surface area contributed by atoms with E-state index in [1.807, 2.05) is 12.1 Å². The molecule has 1 N–H and O–H groups in total. The van der Waals surface area contributed by atoms with Gasteiger partial charge in [0.25, 0.3) is 0 Å². The standard InChI is InChI=1S/C14H19BrN2O/c1-17-8-10-3-2-4-11(9-17)14(10,18)13-7-12(15)5-6-16-13/h5-7,10-11,18H,2-4,8-9H2,1H3/t10-,11+,14?. The van der Waals surface area contributed by atoms with E-state index in [2.05, 4.69) is 32.9 Å². The molecule has 0 aromatic carbocycles. The van der Waals surface area contributed by atoms with Gasteiger partial charge in [0.2, 0.25) is 0 Å². The zero-order chi connectivity index (χ0) is 12.8. The predicted octanol–water partition coefficient (Wildman–Crippen LogP) is 2.39. The van der Waals surface area contributed by atoms with Crippen molar-refractivity contribution in [2.75, 3.05) is 20.1 Å². The van der Waals surface area contributed by atoms with Crippen molar-refractivity contribution in [2.24, 2.45) is 11.8 Å². The van der Waals surface area contributed by atoms with Crippen molar-refractivity contribution in [1.29, 1.82) is 0 Å². The molecule has 0 spiro atoms. The first-order valence-electron chi connectivity index (χ1n) is 6.63. The van der Waals surface area contributed by atoms with Crippen molar-refractivity contribution in [1.82, 2.24) is 9.88 Å². The van der Waals surface area contributed by atoms with Crippen LogP contribution in [0.4, 0.5) is 0 Å². The molecule has 0 amide bonds. The first-order chi connectivity index (χ1) is 8.60. The minimum atomic E-state index is -0.728. The van der Waals surface area contributed by atoms with Gasteiger partial charge in [0.1, 0.15) is 5.60 Å². The fraction of sp³-hybridized carbons (Fsp3) is 0.643. The minimum absolute atomic E-state index is 0.316. The third-order valence-electron chi connectivity index (χ3n) is 4.55. The fourth-order valence-corrected chi connectivity index (χ4v) is 4.05. The Balaban J connectivity index is 2.02. The predicted molar refractivity (Wildman–Crippen MR) is 74.2 cm³/mol. The summed E-state index contributed by atoms with van der Waals surface area (Å²) >= 11 is 3.48. The van der Waals surface area contributed by atoms with E-state index < -0.39 is 5.60 Å². The lowest BCUT2D eigenvalue weighted by molar-refractivity contribution is -0.145. The third-order valence-corrected chi connectivity index (χ3v) is 5.04. The highest BCUT2D eigenvalue weighted by Crippen LogP contribution is 2.48. The van der Waals surface area contributed by atoms with Crippen LogP contribution in [0.1, 0.15) is 25.0 Å². The van der Waals surface area contributed by atoms with Crippen LogP contribution >= 0.6 is 15.9 Å². The summed E-state index contributed by atoms with van der Waals surface area (Å²) in [5.41, 5.74) is 0.119. The molecule has 2 bridgehead atoms.